The summed E-state index contributed by atoms with van der Waals surface area (Å²) < 4.78 is 5.13. The van der Waals surface area contributed by atoms with E-state index in [1.54, 1.807) is 0 Å². The van der Waals surface area contributed by atoms with Gasteiger partial charge in [-0.05, 0) is 23.6 Å². The second-order valence-corrected chi connectivity index (χ2v) is 6.75. The smallest absolute Gasteiger partial charge is 0.330 e. The number of hydrogen-bond acceptors (Lipinski definition) is 6. The first-order valence-corrected chi connectivity index (χ1v) is 8.28. The lowest BCUT2D eigenvalue weighted by Crippen LogP contribution is -2.54. The van der Waals surface area contributed by atoms with Crippen molar-refractivity contribution in [1.82, 2.24) is 10.5 Å². The number of thioether (sulfide) groups is 1. The number of carbonyl (C=O) groups excluding carboxylic acids is 1. The first-order valence-electron chi connectivity index (χ1n) is 6.25. The van der Waals surface area contributed by atoms with E-state index in [2.05, 4.69) is 10.5 Å². The largest absolute Gasteiger partial charge is 0.479 e. The zero-order chi connectivity index (χ0) is 14.9. The van der Waals surface area contributed by atoms with Crippen molar-refractivity contribution >= 4 is 35.0 Å². The van der Waals surface area contributed by atoms with E-state index < -0.39 is 17.4 Å². The van der Waals surface area contributed by atoms with Gasteiger partial charge in [0.25, 0.3) is 5.91 Å². The molecule has 1 fully saturated rings. The normalized spacial score (nSPS) is 21.3. The van der Waals surface area contributed by atoms with Crippen molar-refractivity contribution in [3.05, 3.63) is 29.3 Å². The zero-order valence-electron chi connectivity index (χ0n) is 10.9. The quantitative estimate of drug-likeness (QED) is 0.894. The van der Waals surface area contributed by atoms with Crippen LogP contribution in [0.15, 0.2) is 28.1 Å². The van der Waals surface area contributed by atoms with E-state index in [0.29, 0.717) is 23.7 Å². The molecule has 2 aromatic heterocycles. The van der Waals surface area contributed by atoms with E-state index >= 15 is 0 Å². The van der Waals surface area contributed by atoms with Gasteiger partial charge in [-0.1, -0.05) is 11.2 Å². The third-order valence-electron chi connectivity index (χ3n) is 3.29. The number of thiophene rings is 1. The van der Waals surface area contributed by atoms with Crippen LogP contribution in [-0.4, -0.2) is 39.2 Å². The standard InChI is InChI=1S/C13H12N2O4S2/c16-11(14-13(12(17)18)3-5-20-7-13)8-6-9(19-15-8)10-2-1-4-21-10/h1-2,4,6H,3,5,7H2,(H,14,16)(H,17,18). The molecular formula is C13H12N2O4S2. The first-order chi connectivity index (χ1) is 10.1. The number of rotatable bonds is 4. The lowest BCUT2D eigenvalue weighted by atomic mass is 9.99. The monoisotopic (exact) mass is 324 g/mol. The highest BCUT2D eigenvalue weighted by Crippen LogP contribution is 2.29. The fraction of sp³-hybridized carbons (Fsp3) is 0.308. The molecule has 0 saturated carbocycles. The Balaban J connectivity index is 1.78. The summed E-state index contributed by atoms with van der Waals surface area (Å²) in [5, 5.41) is 17.6. The molecule has 21 heavy (non-hydrogen) atoms. The Morgan fingerprint density at radius 1 is 1.48 bits per heavy atom. The molecule has 1 aliphatic heterocycles. The molecule has 0 spiro atoms. The van der Waals surface area contributed by atoms with Crippen molar-refractivity contribution in [3.63, 3.8) is 0 Å². The predicted octanol–water partition coefficient (Wildman–Crippen LogP) is 2.09. The van der Waals surface area contributed by atoms with E-state index in [0.717, 1.165) is 4.88 Å². The maximum Gasteiger partial charge on any atom is 0.330 e. The highest BCUT2D eigenvalue weighted by Gasteiger charge is 2.43. The van der Waals surface area contributed by atoms with E-state index in [1.807, 2.05) is 17.5 Å². The van der Waals surface area contributed by atoms with E-state index in [9.17, 15) is 14.7 Å². The maximum atomic E-state index is 12.2. The molecule has 1 atom stereocenters. The van der Waals surface area contributed by atoms with Crippen LogP contribution in [0, 0.1) is 0 Å². The van der Waals surface area contributed by atoms with Gasteiger partial charge in [-0.2, -0.15) is 11.8 Å². The van der Waals surface area contributed by atoms with E-state index in [1.165, 1.54) is 29.2 Å². The summed E-state index contributed by atoms with van der Waals surface area (Å²) in [4.78, 5) is 24.5. The van der Waals surface area contributed by atoms with Crippen molar-refractivity contribution in [2.75, 3.05) is 11.5 Å². The molecule has 1 saturated heterocycles. The van der Waals surface area contributed by atoms with Gasteiger partial charge in [0, 0.05) is 11.8 Å². The number of amides is 1. The summed E-state index contributed by atoms with van der Waals surface area (Å²) in [5.74, 6) is 0.0461. The summed E-state index contributed by atoms with van der Waals surface area (Å²) in [5.41, 5.74) is -1.11. The van der Waals surface area contributed by atoms with Crippen LogP contribution in [0.25, 0.3) is 10.6 Å². The van der Waals surface area contributed by atoms with Crippen LogP contribution >= 0.6 is 23.1 Å². The Morgan fingerprint density at radius 3 is 2.95 bits per heavy atom. The molecule has 1 unspecified atom stereocenters. The minimum atomic E-state index is -1.20. The Morgan fingerprint density at radius 2 is 2.33 bits per heavy atom. The van der Waals surface area contributed by atoms with Gasteiger partial charge in [0.05, 0.1) is 4.88 Å². The number of nitrogens with one attached hydrogen (secondary N) is 1. The Labute approximate surface area is 128 Å². The molecule has 0 aliphatic carbocycles. The minimum absolute atomic E-state index is 0.0934. The molecular weight excluding hydrogens is 312 g/mol. The van der Waals surface area contributed by atoms with Crippen LogP contribution in [0.4, 0.5) is 0 Å². The SMILES string of the molecule is O=C(NC1(C(=O)O)CCSC1)c1cc(-c2cccs2)on1. The van der Waals surface area contributed by atoms with E-state index in [-0.39, 0.29) is 5.69 Å². The number of aromatic nitrogens is 1. The number of carboxylic acids is 1. The molecule has 110 valence electrons. The van der Waals surface area contributed by atoms with Gasteiger partial charge in [0.1, 0.15) is 5.54 Å². The van der Waals surface area contributed by atoms with Crippen molar-refractivity contribution < 1.29 is 19.2 Å². The van der Waals surface area contributed by atoms with Crippen molar-refractivity contribution in [2.24, 2.45) is 0 Å². The lowest BCUT2D eigenvalue weighted by molar-refractivity contribution is -0.143. The highest BCUT2D eigenvalue weighted by atomic mass is 32.2. The van der Waals surface area contributed by atoms with Crippen molar-refractivity contribution in [3.8, 4) is 10.6 Å². The highest BCUT2D eigenvalue weighted by molar-refractivity contribution is 7.99. The molecule has 0 aromatic carbocycles. The van der Waals surface area contributed by atoms with E-state index in [4.69, 9.17) is 4.52 Å². The maximum absolute atomic E-state index is 12.2. The summed E-state index contributed by atoms with van der Waals surface area (Å²) in [6.07, 6.45) is 0.411. The van der Waals surface area contributed by atoms with Crippen LogP contribution < -0.4 is 5.32 Å². The summed E-state index contributed by atoms with van der Waals surface area (Å²) in [7, 11) is 0. The first kappa shape index (κ1) is 14.2. The molecule has 1 aliphatic rings. The second kappa shape index (κ2) is 5.53. The van der Waals surface area contributed by atoms with Gasteiger partial charge in [-0.25, -0.2) is 4.79 Å². The summed E-state index contributed by atoms with van der Waals surface area (Å²) in [6.45, 7) is 0. The molecule has 8 heteroatoms. The molecule has 3 heterocycles. The Kier molecular flexibility index (Phi) is 3.73. The zero-order valence-corrected chi connectivity index (χ0v) is 12.5. The van der Waals surface area contributed by atoms with Crippen LogP contribution in [0.1, 0.15) is 16.9 Å². The third-order valence-corrected chi connectivity index (χ3v) is 5.36. The summed E-state index contributed by atoms with van der Waals surface area (Å²) in [6, 6.07) is 5.26. The molecule has 2 aromatic rings. The Hall–Kier alpha value is -1.80. The van der Waals surface area contributed by atoms with Gasteiger partial charge >= 0.3 is 5.97 Å². The topological polar surface area (TPSA) is 92.4 Å². The van der Waals surface area contributed by atoms with Gasteiger partial charge in [0.2, 0.25) is 0 Å². The molecule has 0 bridgehead atoms. The van der Waals surface area contributed by atoms with Gasteiger partial charge in [-0.3, -0.25) is 4.79 Å². The number of carboxylic acid groups (broad SMARTS) is 1. The molecule has 2 N–H and O–H groups in total. The molecule has 1 amide bonds. The van der Waals surface area contributed by atoms with Crippen molar-refractivity contribution in [1.29, 1.82) is 0 Å². The second-order valence-electron chi connectivity index (χ2n) is 4.70. The van der Waals surface area contributed by atoms with Crippen LogP contribution in [-0.2, 0) is 4.79 Å². The number of carbonyl (C=O) groups is 2. The molecule has 0 radical (unpaired) electrons. The van der Waals surface area contributed by atoms with Gasteiger partial charge in [-0.15, -0.1) is 11.3 Å². The number of nitrogens with zero attached hydrogens (tertiary/aromatic N) is 1. The predicted molar refractivity (Wildman–Crippen MR) is 79.6 cm³/mol. The Bertz CT molecular complexity index is 660. The summed E-state index contributed by atoms with van der Waals surface area (Å²) >= 11 is 2.99. The fourth-order valence-corrected chi connectivity index (χ4v) is 4.08. The lowest BCUT2D eigenvalue weighted by Gasteiger charge is -2.23. The third kappa shape index (κ3) is 2.68. The average Bonchev–Trinajstić information content (AvgIpc) is 3.20. The van der Waals surface area contributed by atoms with Crippen LogP contribution in [0.5, 0.6) is 0 Å². The molecule has 3 rings (SSSR count). The van der Waals surface area contributed by atoms with Crippen LogP contribution in [0.3, 0.4) is 0 Å². The fourth-order valence-electron chi connectivity index (χ4n) is 2.08. The molecule has 6 nitrogen and oxygen atoms in total. The van der Waals surface area contributed by atoms with Gasteiger partial charge in [0.15, 0.2) is 11.5 Å². The van der Waals surface area contributed by atoms with Crippen LogP contribution in [0.2, 0.25) is 0 Å². The minimum Gasteiger partial charge on any atom is -0.479 e. The number of hydrogen-bond donors (Lipinski definition) is 2. The average molecular weight is 324 g/mol. The van der Waals surface area contributed by atoms with Crippen molar-refractivity contribution in [2.45, 2.75) is 12.0 Å². The number of aliphatic carboxylic acids is 1. The van der Waals surface area contributed by atoms with Gasteiger partial charge < -0.3 is 14.9 Å².